The summed E-state index contributed by atoms with van der Waals surface area (Å²) < 4.78 is 27.7. The Hall–Kier alpha value is -16.9. The maximum atomic E-state index is 6.97. The van der Waals surface area contributed by atoms with Crippen molar-refractivity contribution in [2.24, 2.45) is 0 Å². The van der Waals surface area contributed by atoms with E-state index in [9.17, 15) is 0 Å². The SMILES string of the molecule is CC1(C)c2ccccc2-c2c1c1c3ccccc3oc1c1c2c2ccccc2n1-c1cc(-c2ccccc2)nc(-c2ccccc2)n1.CC1(C)c2ccccc2-c2c1c1c3ccccc3oc1c1c2c2ccccc2n1-c1ccc2nc(-c3ccccc3)nc(-c3ccccc3)c2c1.CC1(C)c2ccccc2-c2c1c1c3ccccc3oc1c1c2c2ccccc2n1-c1cccnc1. The Morgan fingerprint density at radius 1 is 0.263 bits per heavy atom. The first-order valence-corrected chi connectivity index (χ1v) is 45.7. The number of furan rings is 3. The normalized spacial score (nSPS) is 13.7. The third kappa shape index (κ3) is 10.9. The summed E-state index contributed by atoms with van der Waals surface area (Å²) in [5.41, 5.74) is 36.2. The van der Waals surface area contributed by atoms with Gasteiger partial charge in [-0.3, -0.25) is 9.55 Å². The first-order chi connectivity index (χ1) is 65.3. The van der Waals surface area contributed by atoms with E-state index in [1.807, 2.05) is 67.0 Å². The minimum Gasteiger partial charge on any atom is -0.454 e. The highest BCUT2D eigenvalue weighted by atomic mass is 16.3. The molecule has 0 amide bonds. The number of nitrogens with zero attached hydrogens (tertiary/aromatic N) is 8. The summed E-state index contributed by atoms with van der Waals surface area (Å²) in [4.78, 5) is 25.2. The van der Waals surface area contributed by atoms with E-state index in [1.165, 1.54) is 121 Å². The molecule has 0 radical (unpaired) electrons. The van der Waals surface area contributed by atoms with Gasteiger partial charge in [0, 0.05) is 126 Å². The number of aromatic nitrogens is 8. The first-order valence-electron chi connectivity index (χ1n) is 45.7. The number of benzene rings is 17. The van der Waals surface area contributed by atoms with Gasteiger partial charge < -0.3 is 22.4 Å². The predicted octanol–water partition coefficient (Wildman–Crippen LogP) is 31.8. The number of rotatable bonds is 7. The maximum absolute atomic E-state index is 6.97. The highest BCUT2D eigenvalue weighted by Crippen LogP contribution is 2.63. The topological polar surface area (TPSA) is 119 Å². The molecular weight excluding hydrogens is 1630 g/mol. The van der Waals surface area contributed by atoms with Crippen LogP contribution in [0.2, 0.25) is 0 Å². The van der Waals surface area contributed by atoms with Gasteiger partial charge in [-0.2, -0.15) is 0 Å². The summed E-state index contributed by atoms with van der Waals surface area (Å²) >= 11 is 0. The summed E-state index contributed by atoms with van der Waals surface area (Å²) in [6, 6.07) is 132. The summed E-state index contributed by atoms with van der Waals surface area (Å²) in [6.45, 7) is 14.1. The van der Waals surface area contributed by atoms with Gasteiger partial charge in [-0.05, 0) is 133 Å². The van der Waals surface area contributed by atoms with Crippen molar-refractivity contribution in [1.82, 2.24) is 38.6 Å². The lowest BCUT2D eigenvalue weighted by Gasteiger charge is -2.22. The summed E-state index contributed by atoms with van der Waals surface area (Å²) in [6.07, 6.45) is 3.76. The van der Waals surface area contributed by atoms with Crippen molar-refractivity contribution in [2.75, 3.05) is 0 Å². The summed E-state index contributed by atoms with van der Waals surface area (Å²) in [5, 5.41) is 15.3. The lowest BCUT2D eigenvalue weighted by molar-refractivity contribution is 0.658. The van der Waals surface area contributed by atoms with Gasteiger partial charge in [-0.1, -0.05) is 345 Å². The predicted molar refractivity (Wildman–Crippen MR) is 545 cm³/mol. The second kappa shape index (κ2) is 28.6. The third-order valence-corrected chi connectivity index (χ3v) is 28.8. The first kappa shape index (κ1) is 76.2. The van der Waals surface area contributed by atoms with Crippen molar-refractivity contribution in [3.63, 3.8) is 0 Å². The van der Waals surface area contributed by atoms with Crippen LogP contribution in [0, 0.1) is 0 Å². The number of hydrogen-bond acceptors (Lipinski definition) is 8. The van der Waals surface area contributed by atoms with E-state index in [1.54, 1.807) is 0 Å². The van der Waals surface area contributed by atoms with Crippen LogP contribution in [0.25, 0.3) is 238 Å². The molecule has 3 aliphatic rings. The molecule has 0 aliphatic heterocycles. The molecule has 17 aromatic carbocycles. The molecule has 3 aliphatic carbocycles. The fraction of sp³-hybridized carbons (Fsp3) is 0.0738. The molecule has 0 saturated heterocycles. The van der Waals surface area contributed by atoms with Crippen LogP contribution in [0.4, 0.5) is 0 Å². The molecule has 628 valence electrons. The minimum atomic E-state index is -0.218. The Balaban J connectivity index is 0.000000104. The van der Waals surface area contributed by atoms with Gasteiger partial charge >= 0.3 is 0 Å². The second-order valence-corrected chi connectivity index (χ2v) is 37.1. The van der Waals surface area contributed by atoms with Gasteiger partial charge in [0.2, 0.25) is 0 Å². The summed E-state index contributed by atoms with van der Waals surface area (Å²) in [7, 11) is 0. The quantitative estimate of drug-likeness (QED) is 0.155. The van der Waals surface area contributed by atoms with Gasteiger partial charge in [0.25, 0.3) is 0 Å². The van der Waals surface area contributed by atoms with E-state index in [0.29, 0.717) is 11.6 Å². The van der Waals surface area contributed by atoms with Gasteiger partial charge in [-0.25, -0.2) is 19.9 Å². The molecule has 29 rings (SSSR count). The largest absolute Gasteiger partial charge is 0.454 e. The molecule has 0 N–H and O–H groups in total. The average Bonchev–Trinajstić information content (AvgIpc) is 1.52. The van der Waals surface area contributed by atoms with Gasteiger partial charge in [0.05, 0.1) is 61.9 Å². The van der Waals surface area contributed by atoms with Crippen molar-refractivity contribution < 1.29 is 13.3 Å². The van der Waals surface area contributed by atoms with Crippen molar-refractivity contribution in [2.45, 2.75) is 57.8 Å². The Labute approximate surface area is 764 Å². The zero-order valence-electron chi connectivity index (χ0n) is 73.8. The molecule has 26 aromatic rings. The monoisotopic (exact) mass is 1710 g/mol. The number of pyridine rings is 1. The third-order valence-electron chi connectivity index (χ3n) is 28.8. The molecule has 11 heteroatoms. The average molecular weight is 1710 g/mol. The van der Waals surface area contributed by atoms with Crippen LogP contribution in [-0.2, 0) is 16.2 Å². The fourth-order valence-electron chi connectivity index (χ4n) is 23.2. The van der Waals surface area contributed by atoms with Crippen LogP contribution >= 0.6 is 0 Å². The molecule has 9 aromatic heterocycles. The van der Waals surface area contributed by atoms with Gasteiger partial charge in [0.15, 0.2) is 28.4 Å². The van der Waals surface area contributed by atoms with Crippen molar-refractivity contribution >= 4 is 142 Å². The van der Waals surface area contributed by atoms with Crippen LogP contribution in [0.3, 0.4) is 0 Å². The zero-order chi connectivity index (χ0) is 88.4. The molecule has 0 fully saturated rings. The molecule has 0 unspecified atom stereocenters. The number of fused-ring (bicyclic) bond motifs is 37. The minimum absolute atomic E-state index is 0.150. The van der Waals surface area contributed by atoms with E-state index in [0.717, 1.165) is 139 Å². The van der Waals surface area contributed by atoms with Crippen LogP contribution < -0.4 is 0 Å². The fourth-order valence-corrected chi connectivity index (χ4v) is 23.2. The summed E-state index contributed by atoms with van der Waals surface area (Å²) in [5.74, 6) is 2.20. The molecule has 9 heterocycles. The lowest BCUT2D eigenvalue weighted by Crippen LogP contribution is -2.15. The number of para-hydroxylation sites is 6. The second-order valence-electron chi connectivity index (χ2n) is 37.1. The van der Waals surface area contributed by atoms with Crippen molar-refractivity contribution in [3.05, 3.63) is 422 Å². The van der Waals surface area contributed by atoms with E-state index in [-0.39, 0.29) is 16.2 Å². The van der Waals surface area contributed by atoms with E-state index >= 15 is 0 Å². The molecule has 0 bridgehead atoms. The smallest absolute Gasteiger partial charge is 0.162 e. The maximum Gasteiger partial charge on any atom is 0.162 e. The number of hydrogen-bond donors (Lipinski definition) is 0. The Morgan fingerprint density at radius 3 is 1.06 bits per heavy atom. The molecular formula is C122H82N8O3. The Morgan fingerprint density at radius 2 is 0.624 bits per heavy atom. The van der Waals surface area contributed by atoms with Crippen molar-refractivity contribution in [3.8, 4) is 95.9 Å². The Kier molecular flexibility index (Phi) is 16.4. The van der Waals surface area contributed by atoms with Crippen LogP contribution in [0.15, 0.2) is 402 Å². The highest BCUT2D eigenvalue weighted by Gasteiger charge is 2.45. The molecule has 11 nitrogen and oxygen atoms in total. The zero-order valence-corrected chi connectivity index (χ0v) is 73.8. The van der Waals surface area contributed by atoms with E-state index in [4.69, 9.17) is 33.2 Å². The lowest BCUT2D eigenvalue weighted by atomic mass is 9.80. The molecule has 0 atom stereocenters. The molecule has 0 spiro atoms. The van der Waals surface area contributed by atoms with Crippen molar-refractivity contribution in [1.29, 1.82) is 0 Å². The standard InChI is InChI=1S/C47H31N3O.C43H29N3O.C32H22N2O/c1-47(2)35-22-12-9-19-31(35)39-40-32-20-10-13-23-37(32)50(44(40)45-41(42(39)47)33-21-11-14-24-38(33)51-45)30-25-26-36-34(27-30)43(28-15-5-3-6-16-28)49-46(48-36)29-17-7-4-8-18-29;1-43(2)31-22-12-9-19-28(31)36-37-29-20-10-13-23-33(29)46(40(37)41-38(39(36)43)30-21-11-14-24-34(30)47-41)35-25-32(26-15-5-3-6-16-26)44-42(45-35)27-17-7-4-8-18-27;1-32(2)23-14-6-3-11-20(23)26-27-21-12-4-7-15-24(21)34(19-10-9-17-33-18-19)30(27)31-28(29(26)32)22-13-5-8-16-25(22)35-31/h3-27H,1-2H3;3-25H,1-2H3;3-18H,1-2H3. The van der Waals surface area contributed by atoms with Crippen LogP contribution in [-0.4, -0.2) is 38.6 Å². The molecule has 0 saturated carbocycles. The van der Waals surface area contributed by atoms with E-state index in [2.05, 4.69) is 382 Å². The van der Waals surface area contributed by atoms with E-state index < -0.39 is 0 Å². The highest BCUT2D eigenvalue weighted by molar-refractivity contribution is 6.33. The molecule has 133 heavy (non-hydrogen) atoms. The van der Waals surface area contributed by atoms with Gasteiger partial charge in [0.1, 0.15) is 22.6 Å². The van der Waals surface area contributed by atoms with Crippen LogP contribution in [0.5, 0.6) is 0 Å². The van der Waals surface area contributed by atoms with Gasteiger partial charge in [-0.15, -0.1) is 0 Å². The van der Waals surface area contributed by atoms with Crippen LogP contribution in [0.1, 0.15) is 74.9 Å². The Bertz CT molecular complexity index is 9360.